The number of hydrogen-bond acceptors (Lipinski definition) is 5. The molecule has 1 atom stereocenters. The number of fused-ring (bicyclic) bond motifs is 1. The Bertz CT molecular complexity index is 1080. The molecule has 1 aromatic carbocycles. The van der Waals surface area contributed by atoms with E-state index in [0.717, 1.165) is 34.6 Å². The predicted molar refractivity (Wildman–Crippen MR) is 113 cm³/mol. The molecular formula is C21H25N3O3S. The standard InChI is InChI=1S/C21H25N3O3S/c1-5-8-16-23-20-18(21(26)24(16)12(3)19(22)25)17(15(6-2)28-20)13-9-7-10-14(11-13)27-4/h7,9-12H,5-6,8H2,1-4H3,(H2,22,25). The second kappa shape index (κ2) is 8.14. The van der Waals surface area contributed by atoms with Gasteiger partial charge in [-0.1, -0.05) is 26.0 Å². The molecule has 1 unspecified atom stereocenters. The van der Waals surface area contributed by atoms with E-state index in [-0.39, 0.29) is 5.56 Å². The molecule has 28 heavy (non-hydrogen) atoms. The van der Waals surface area contributed by atoms with Crippen molar-refractivity contribution in [1.29, 1.82) is 0 Å². The van der Waals surface area contributed by atoms with Crippen LogP contribution in [0.3, 0.4) is 0 Å². The lowest BCUT2D eigenvalue weighted by Gasteiger charge is -2.16. The number of methoxy groups -OCH3 is 1. The highest BCUT2D eigenvalue weighted by atomic mass is 32.1. The van der Waals surface area contributed by atoms with Gasteiger partial charge in [0, 0.05) is 16.9 Å². The van der Waals surface area contributed by atoms with Crippen LogP contribution in [0.5, 0.6) is 5.75 Å². The predicted octanol–water partition coefficient (Wildman–Crippen LogP) is 3.69. The summed E-state index contributed by atoms with van der Waals surface area (Å²) in [6.07, 6.45) is 2.20. The Morgan fingerprint density at radius 2 is 2.11 bits per heavy atom. The quantitative estimate of drug-likeness (QED) is 0.656. The van der Waals surface area contributed by atoms with Crippen molar-refractivity contribution >= 4 is 27.5 Å². The molecule has 0 radical (unpaired) electrons. The zero-order valence-electron chi connectivity index (χ0n) is 16.6. The van der Waals surface area contributed by atoms with Gasteiger partial charge in [-0.25, -0.2) is 4.98 Å². The molecule has 0 bridgehead atoms. The van der Waals surface area contributed by atoms with Gasteiger partial charge >= 0.3 is 0 Å². The zero-order chi connectivity index (χ0) is 20.4. The summed E-state index contributed by atoms with van der Waals surface area (Å²) >= 11 is 1.53. The van der Waals surface area contributed by atoms with Crippen molar-refractivity contribution in [3.8, 4) is 16.9 Å². The van der Waals surface area contributed by atoms with Gasteiger partial charge in [0.2, 0.25) is 5.91 Å². The highest BCUT2D eigenvalue weighted by Crippen LogP contribution is 2.38. The van der Waals surface area contributed by atoms with Crippen LogP contribution in [0.2, 0.25) is 0 Å². The Morgan fingerprint density at radius 3 is 2.71 bits per heavy atom. The number of thiophene rings is 1. The van der Waals surface area contributed by atoms with Crippen molar-refractivity contribution in [2.24, 2.45) is 5.73 Å². The van der Waals surface area contributed by atoms with Gasteiger partial charge in [0.1, 0.15) is 22.4 Å². The van der Waals surface area contributed by atoms with Gasteiger partial charge in [-0.15, -0.1) is 11.3 Å². The summed E-state index contributed by atoms with van der Waals surface area (Å²) in [5.41, 5.74) is 7.08. The van der Waals surface area contributed by atoms with Gasteiger partial charge in [0.15, 0.2) is 0 Å². The normalized spacial score (nSPS) is 12.3. The molecule has 6 nitrogen and oxygen atoms in total. The van der Waals surface area contributed by atoms with E-state index in [2.05, 4.69) is 6.92 Å². The molecule has 1 amide bonds. The molecule has 0 fully saturated rings. The Hall–Kier alpha value is -2.67. The molecule has 0 aliphatic heterocycles. The van der Waals surface area contributed by atoms with E-state index in [1.54, 1.807) is 14.0 Å². The van der Waals surface area contributed by atoms with Crippen LogP contribution in [0.4, 0.5) is 0 Å². The molecule has 0 saturated carbocycles. The Kier molecular flexibility index (Phi) is 5.84. The Labute approximate surface area is 168 Å². The highest BCUT2D eigenvalue weighted by Gasteiger charge is 2.24. The molecule has 2 aromatic heterocycles. The minimum atomic E-state index is -0.755. The van der Waals surface area contributed by atoms with Crippen LogP contribution in [0.1, 0.15) is 43.9 Å². The van der Waals surface area contributed by atoms with E-state index in [1.165, 1.54) is 15.9 Å². The van der Waals surface area contributed by atoms with Gasteiger partial charge in [-0.3, -0.25) is 14.2 Å². The van der Waals surface area contributed by atoms with Gasteiger partial charge in [-0.05, 0) is 37.5 Å². The maximum absolute atomic E-state index is 13.5. The number of benzene rings is 1. The first kappa shape index (κ1) is 20.1. The van der Waals surface area contributed by atoms with Crippen molar-refractivity contribution in [2.75, 3.05) is 7.11 Å². The van der Waals surface area contributed by atoms with Crippen molar-refractivity contribution in [1.82, 2.24) is 9.55 Å². The lowest BCUT2D eigenvalue weighted by Crippen LogP contribution is -2.35. The van der Waals surface area contributed by atoms with Gasteiger partial charge in [-0.2, -0.15) is 0 Å². The first-order chi connectivity index (χ1) is 13.4. The van der Waals surface area contributed by atoms with Crippen LogP contribution >= 0.6 is 11.3 Å². The molecule has 7 heteroatoms. The third-order valence-corrected chi connectivity index (χ3v) is 6.08. The summed E-state index contributed by atoms with van der Waals surface area (Å²) in [5, 5.41) is 0.544. The monoisotopic (exact) mass is 399 g/mol. The molecule has 3 aromatic rings. The maximum Gasteiger partial charge on any atom is 0.263 e. The minimum absolute atomic E-state index is 0.214. The van der Waals surface area contributed by atoms with E-state index in [1.807, 2.05) is 31.2 Å². The fourth-order valence-corrected chi connectivity index (χ4v) is 4.55. The summed E-state index contributed by atoms with van der Waals surface area (Å²) < 4.78 is 6.82. The lowest BCUT2D eigenvalue weighted by molar-refractivity contribution is -0.120. The van der Waals surface area contributed by atoms with E-state index in [0.29, 0.717) is 22.5 Å². The van der Waals surface area contributed by atoms with Crippen molar-refractivity contribution < 1.29 is 9.53 Å². The van der Waals surface area contributed by atoms with Crippen LogP contribution in [0, 0.1) is 0 Å². The molecule has 0 aliphatic rings. The first-order valence-electron chi connectivity index (χ1n) is 9.43. The van der Waals surface area contributed by atoms with Gasteiger partial charge < -0.3 is 10.5 Å². The minimum Gasteiger partial charge on any atom is -0.497 e. The summed E-state index contributed by atoms with van der Waals surface area (Å²) in [7, 11) is 1.62. The van der Waals surface area contributed by atoms with E-state index >= 15 is 0 Å². The SMILES string of the molecule is CCCc1nc2sc(CC)c(-c3cccc(OC)c3)c2c(=O)n1C(C)C(N)=O. The molecule has 148 valence electrons. The fourth-order valence-electron chi connectivity index (χ4n) is 3.41. The number of aromatic nitrogens is 2. The zero-order valence-corrected chi connectivity index (χ0v) is 17.4. The molecular weight excluding hydrogens is 374 g/mol. The van der Waals surface area contributed by atoms with Crippen LogP contribution in [-0.2, 0) is 17.6 Å². The molecule has 2 heterocycles. The molecule has 3 rings (SSSR count). The number of aryl methyl sites for hydroxylation is 2. The summed E-state index contributed by atoms with van der Waals surface area (Å²) in [4.78, 5) is 32.0. The highest BCUT2D eigenvalue weighted by molar-refractivity contribution is 7.19. The van der Waals surface area contributed by atoms with Crippen molar-refractivity contribution in [3.63, 3.8) is 0 Å². The van der Waals surface area contributed by atoms with E-state index in [4.69, 9.17) is 15.5 Å². The average Bonchev–Trinajstić information content (AvgIpc) is 3.06. The Morgan fingerprint density at radius 1 is 1.36 bits per heavy atom. The first-order valence-corrected chi connectivity index (χ1v) is 10.2. The van der Waals surface area contributed by atoms with Gasteiger partial charge in [0.05, 0.1) is 12.5 Å². The number of ether oxygens (including phenoxy) is 1. The molecule has 0 spiro atoms. The number of primary amides is 1. The summed E-state index contributed by atoms with van der Waals surface area (Å²) in [6, 6.07) is 6.90. The number of amides is 1. The van der Waals surface area contributed by atoms with E-state index < -0.39 is 11.9 Å². The number of carbonyl (C=O) groups excluding carboxylic acids is 1. The molecule has 0 aliphatic carbocycles. The van der Waals surface area contributed by atoms with Gasteiger partial charge in [0.25, 0.3) is 5.56 Å². The van der Waals surface area contributed by atoms with E-state index in [9.17, 15) is 9.59 Å². The number of rotatable bonds is 7. The largest absolute Gasteiger partial charge is 0.497 e. The smallest absolute Gasteiger partial charge is 0.263 e. The molecule has 0 saturated heterocycles. The number of hydrogen-bond donors (Lipinski definition) is 1. The topological polar surface area (TPSA) is 87.2 Å². The van der Waals surface area contributed by atoms with Crippen LogP contribution in [0.15, 0.2) is 29.1 Å². The van der Waals surface area contributed by atoms with Crippen LogP contribution < -0.4 is 16.0 Å². The number of nitrogens with zero attached hydrogens (tertiary/aromatic N) is 2. The average molecular weight is 400 g/mol. The summed E-state index contributed by atoms with van der Waals surface area (Å²) in [5.74, 6) is 0.780. The van der Waals surface area contributed by atoms with Crippen LogP contribution in [-0.4, -0.2) is 22.6 Å². The van der Waals surface area contributed by atoms with Crippen LogP contribution in [0.25, 0.3) is 21.3 Å². The second-order valence-electron chi connectivity index (χ2n) is 6.70. The molecule has 2 N–H and O–H groups in total. The van der Waals surface area contributed by atoms with Crippen molar-refractivity contribution in [3.05, 3.63) is 45.3 Å². The fraction of sp³-hybridized carbons (Fsp3) is 0.381. The second-order valence-corrected chi connectivity index (χ2v) is 7.78. The number of carbonyl (C=O) groups is 1. The van der Waals surface area contributed by atoms with Crippen molar-refractivity contribution in [2.45, 2.75) is 46.1 Å². The lowest BCUT2D eigenvalue weighted by atomic mass is 10.0. The maximum atomic E-state index is 13.5. The Balaban J connectivity index is 2.40. The third kappa shape index (κ3) is 3.42. The summed E-state index contributed by atoms with van der Waals surface area (Å²) in [6.45, 7) is 5.73. The number of nitrogens with two attached hydrogens (primary N) is 1. The third-order valence-electron chi connectivity index (χ3n) is 4.86.